The first-order chi connectivity index (χ1) is 10.1. The third kappa shape index (κ3) is 2.84. The van der Waals surface area contributed by atoms with Gasteiger partial charge >= 0.3 is 0 Å². The maximum absolute atomic E-state index is 12.2. The van der Waals surface area contributed by atoms with Gasteiger partial charge < -0.3 is 20.9 Å². The van der Waals surface area contributed by atoms with Gasteiger partial charge in [0.2, 0.25) is 0 Å². The van der Waals surface area contributed by atoms with Gasteiger partial charge in [-0.2, -0.15) is 5.10 Å². The molecule has 0 spiro atoms. The first kappa shape index (κ1) is 13.8. The molecule has 1 aromatic heterocycles. The SMILES string of the molecule is Nc1ccc2[nH]nc(C(=O)NCC3(O)CCOCC3)c2c1. The van der Waals surface area contributed by atoms with E-state index in [1.54, 1.807) is 18.2 Å². The van der Waals surface area contributed by atoms with Crippen LogP contribution in [0.15, 0.2) is 18.2 Å². The summed E-state index contributed by atoms with van der Waals surface area (Å²) in [6.07, 6.45) is 1.03. The Morgan fingerprint density at radius 3 is 3.00 bits per heavy atom. The third-order valence-electron chi connectivity index (χ3n) is 3.80. The molecule has 0 unspecified atom stereocenters. The highest BCUT2D eigenvalue weighted by molar-refractivity contribution is 6.05. The fourth-order valence-corrected chi connectivity index (χ4v) is 2.46. The number of nitrogens with zero attached hydrogens (tertiary/aromatic N) is 1. The van der Waals surface area contributed by atoms with Crippen molar-refractivity contribution in [1.82, 2.24) is 15.5 Å². The van der Waals surface area contributed by atoms with Crippen molar-refractivity contribution in [3.63, 3.8) is 0 Å². The number of nitrogens with one attached hydrogen (secondary N) is 2. The van der Waals surface area contributed by atoms with Crippen LogP contribution in [0, 0.1) is 0 Å². The van der Waals surface area contributed by atoms with E-state index in [1.807, 2.05) is 0 Å². The van der Waals surface area contributed by atoms with E-state index in [0.29, 0.717) is 37.1 Å². The minimum atomic E-state index is -0.904. The molecular formula is C14H18N4O3. The third-order valence-corrected chi connectivity index (χ3v) is 3.80. The molecule has 7 heteroatoms. The highest BCUT2D eigenvalue weighted by Crippen LogP contribution is 2.21. The number of anilines is 1. The first-order valence-electron chi connectivity index (χ1n) is 6.89. The van der Waals surface area contributed by atoms with E-state index in [-0.39, 0.29) is 18.1 Å². The maximum Gasteiger partial charge on any atom is 0.272 e. The van der Waals surface area contributed by atoms with Crippen molar-refractivity contribution in [2.45, 2.75) is 18.4 Å². The van der Waals surface area contributed by atoms with Crippen LogP contribution in [0.1, 0.15) is 23.3 Å². The fraction of sp³-hybridized carbons (Fsp3) is 0.429. The molecule has 2 heterocycles. The van der Waals surface area contributed by atoms with Crippen molar-refractivity contribution in [2.24, 2.45) is 0 Å². The highest BCUT2D eigenvalue weighted by Gasteiger charge is 2.30. The molecule has 2 aromatic rings. The lowest BCUT2D eigenvalue weighted by molar-refractivity contribution is -0.0605. The predicted molar refractivity (Wildman–Crippen MR) is 77.8 cm³/mol. The van der Waals surface area contributed by atoms with Crippen molar-refractivity contribution in [3.8, 4) is 0 Å². The molecule has 1 fully saturated rings. The van der Waals surface area contributed by atoms with Gasteiger partial charge in [0, 0.05) is 43.7 Å². The molecule has 0 atom stereocenters. The summed E-state index contributed by atoms with van der Waals surface area (Å²) in [7, 11) is 0. The van der Waals surface area contributed by atoms with Gasteiger partial charge in [-0.3, -0.25) is 9.89 Å². The summed E-state index contributed by atoms with van der Waals surface area (Å²) in [6, 6.07) is 5.23. The molecule has 1 aliphatic heterocycles. The highest BCUT2D eigenvalue weighted by atomic mass is 16.5. The summed E-state index contributed by atoms with van der Waals surface area (Å²) < 4.78 is 5.21. The number of hydrogen-bond donors (Lipinski definition) is 4. The standard InChI is InChI=1S/C14H18N4O3/c15-9-1-2-11-10(7-9)12(18-17-11)13(19)16-8-14(20)3-5-21-6-4-14/h1-2,7,20H,3-6,8,15H2,(H,16,19)(H,17,18). The van der Waals surface area contributed by atoms with Crippen LogP contribution in [0.25, 0.3) is 10.9 Å². The molecule has 1 saturated heterocycles. The second-order valence-corrected chi connectivity index (χ2v) is 5.40. The minimum absolute atomic E-state index is 0.186. The number of amides is 1. The van der Waals surface area contributed by atoms with Crippen molar-refractivity contribution < 1.29 is 14.6 Å². The number of nitrogens with two attached hydrogens (primary N) is 1. The number of nitrogen functional groups attached to an aromatic ring is 1. The normalized spacial score (nSPS) is 17.8. The first-order valence-corrected chi connectivity index (χ1v) is 6.89. The summed E-state index contributed by atoms with van der Waals surface area (Å²) in [5, 5.41) is 20.6. The predicted octanol–water partition coefficient (Wildman–Crippen LogP) is 0.416. The maximum atomic E-state index is 12.2. The molecule has 7 nitrogen and oxygen atoms in total. The molecule has 112 valence electrons. The van der Waals surface area contributed by atoms with E-state index in [2.05, 4.69) is 15.5 Å². The van der Waals surface area contributed by atoms with Crippen LogP contribution in [-0.2, 0) is 4.74 Å². The van der Waals surface area contributed by atoms with Crippen LogP contribution in [0.4, 0.5) is 5.69 Å². The van der Waals surface area contributed by atoms with Gasteiger partial charge in [-0.05, 0) is 18.2 Å². The quantitative estimate of drug-likeness (QED) is 0.612. The van der Waals surface area contributed by atoms with Crippen LogP contribution in [0.2, 0.25) is 0 Å². The second kappa shape index (κ2) is 5.34. The molecule has 1 aliphatic rings. The largest absolute Gasteiger partial charge is 0.399 e. The van der Waals surface area contributed by atoms with E-state index in [4.69, 9.17) is 10.5 Å². The Morgan fingerprint density at radius 2 is 2.24 bits per heavy atom. The van der Waals surface area contributed by atoms with E-state index >= 15 is 0 Å². The summed E-state index contributed by atoms with van der Waals surface area (Å²) in [5.41, 5.74) is 6.44. The number of hydrogen-bond acceptors (Lipinski definition) is 5. The zero-order chi connectivity index (χ0) is 14.9. The second-order valence-electron chi connectivity index (χ2n) is 5.40. The van der Waals surface area contributed by atoms with Crippen LogP contribution in [0.3, 0.4) is 0 Å². The van der Waals surface area contributed by atoms with Gasteiger partial charge in [0.05, 0.1) is 11.1 Å². The van der Waals surface area contributed by atoms with Crippen LogP contribution in [-0.4, -0.2) is 46.6 Å². The average Bonchev–Trinajstić information content (AvgIpc) is 2.89. The Morgan fingerprint density at radius 1 is 1.48 bits per heavy atom. The molecule has 3 rings (SSSR count). The van der Waals surface area contributed by atoms with Gasteiger partial charge in [0.1, 0.15) is 0 Å². The average molecular weight is 290 g/mol. The number of H-pyrrole nitrogens is 1. The molecule has 0 aliphatic carbocycles. The summed E-state index contributed by atoms with van der Waals surface area (Å²) in [4.78, 5) is 12.2. The molecule has 1 amide bonds. The summed E-state index contributed by atoms with van der Waals surface area (Å²) in [5.74, 6) is -0.327. The summed E-state index contributed by atoms with van der Waals surface area (Å²) >= 11 is 0. The molecule has 1 aromatic carbocycles. The number of carbonyl (C=O) groups excluding carboxylic acids is 1. The lowest BCUT2D eigenvalue weighted by Gasteiger charge is -2.31. The van der Waals surface area contributed by atoms with E-state index in [1.165, 1.54) is 0 Å². The minimum Gasteiger partial charge on any atom is -0.399 e. The van der Waals surface area contributed by atoms with Crippen LogP contribution >= 0.6 is 0 Å². The summed E-state index contributed by atoms with van der Waals surface area (Å²) in [6.45, 7) is 1.20. The number of rotatable bonds is 3. The molecular weight excluding hydrogens is 272 g/mol. The van der Waals surface area contributed by atoms with Gasteiger partial charge in [-0.1, -0.05) is 0 Å². The van der Waals surface area contributed by atoms with Gasteiger partial charge in [-0.25, -0.2) is 0 Å². The number of ether oxygens (including phenoxy) is 1. The van der Waals surface area contributed by atoms with Crippen molar-refractivity contribution in [2.75, 3.05) is 25.5 Å². The molecule has 5 N–H and O–H groups in total. The van der Waals surface area contributed by atoms with Crippen molar-refractivity contribution >= 4 is 22.5 Å². The van der Waals surface area contributed by atoms with Gasteiger partial charge in [0.15, 0.2) is 5.69 Å². The Bertz CT molecular complexity index is 661. The number of aliphatic hydroxyl groups is 1. The van der Waals surface area contributed by atoms with Crippen LogP contribution in [0.5, 0.6) is 0 Å². The van der Waals surface area contributed by atoms with Crippen molar-refractivity contribution in [1.29, 1.82) is 0 Å². The Hall–Kier alpha value is -2.12. The lowest BCUT2D eigenvalue weighted by Crippen LogP contribution is -2.46. The van der Waals surface area contributed by atoms with Crippen LogP contribution < -0.4 is 11.1 Å². The Balaban J connectivity index is 1.73. The van der Waals surface area contributed by atoms with E-state index in [9.17, 15) is 9.90 Å². The van der Waals surface area contributed by atoms with Gasteiger partial charge in [-0.15, -0.1) is 0 Å². The number of carbonyl (C=O) groups is 1. The van der Waals surface area contributed by atoms with E-state index in [0.717, 1.165) is 5.52 Å². The topological polar surface area (TPSA) is 113 Å². The lowest BCUT2D eigenvalue weighted by atomic mass is 9.94. The number of aromatic nitrogens is 2. The number of fused-ring (bicyclic) bond motifs is 1. The van der Waals surface area contributed by atoms with Gasteiger partial charge in [0.25, 0.3) is 5.91 Å². The zero-order valence-electron chi connectivity index (χ0n) is 11.6. The molecule has 0 bridgehead atoms. The molecule has 0 radical (unpaired) electrons. The Kier molecular flexibility index (Phi) is 3.52. The van der Waals surface area contributed by atoms with E-state index < -0.39 is 5.60 Å². The number of aromatic amines is 1. The molecule has 0 saturated carbocycles. The molecule has 21 heavy (non-hydrogen) atoms. The smallest absolute Gasteiger partial charge is 0.272 e. The zero-order valence-corrected chi connectivity index (χ0v) is 11.6. The fourth-order valence-electron chi connectivity index (χ4n) is 2.46. The monoisotopic (exact) mass is 290 g/mol. The van der Waals surface area contributed by atoms with Crippen molar-refractivity contribution in [3.05, 3.63) is 23.9 Å². The Labute approximate surface area is 121 Å². The number of benzene rings is 1.